The molecule has 0 amide bonds. The smallest absolute Gasteiger partial charge is 0.244 e. The number of nitrogens with zero attached hydrogens (tertiary/aromatic N) is 3. The van der Waals surface area contributed by atoms with E-state index in [0.29, 0.717) is 10.4 Å². The summed E-state index contributed by atoms with van der Waals surface area (Å²) in [6, 6.07) is 17.2. The molecule has 7 heteroatoms. The molecular formula is C21H16N4O2S. The number of hydrogen-bond donors (Lipinski definition) is 1. The molecule has 4 atom stereocenters. The summed E-state index contributed by atoms with van der Waals surface area (Å²) in [5.74, 6) is -2.56. The molecule has 1 N–H and O–H groups in total. The summed E-state index contributed by atoms with van der Waals surface area (Å²) in [6.45, 7) is 3.58. The second-order valence-corrected chi connectivity index (χ2v) is 8.05. The maximum Gasteiger partial charge on any atom is 0.244 e. The predicted molar refractivity (Wildman–Crippen MR) is 101 cm³/mol. The third-order valence-corrected chi connectivity index (χ3v) is 7.05. The molecule has 2 aliphatic heterocycles. The van der Waals surface area contributed by atoms with Crippen LogP contribution in [0, 0.1) is 63.1 Å². The first-order valence-corrected chi connectivity index (χ1v) is 9.60. The highest BCUT2D eigenvalue weighted by molar-refractivity contribution is 7.10. The van der Waals surface area contributed by atoms with Crippen LogP contribution in [-0.2, 0) is 15.3 Å². The van der Waals surface area contributed by atoms with Crippen molar-refractivity contribution in [2.75, 3.05) is 0 Å². The van der Waals surface area contributed by atoms with Gasteiger partial charge in [-0.15, -0.1) is 11.3 Å². The summed E-state index contributed by atoms with van der Waals surface area (Å²) in [5, 5.41) is 40.9. The molecule has 0 radical (unpaired) electrons. The normalized spacial score (nSPS) is 32.6. The van der Waals surface area contributed by atoms with Crippen molar-refractivity contribution in [3.8, 4) is 18.2 Å². The number of benzene rings is 1. The standard InChI is InChI=1S/C21H16N4O2S/c1-13-8-9-28-16(13)17-19(10-22,11-23)20(12-24)14(2)21(26-17,27-18(20)25)15-6-4-3-5-7-15/h3-9,14,17,25H,1-2H3. The molecule has 138 valence electrons. The summed E-state index contributed by atoms with van der Waals surface area (Å²) in [7, 11) is 0. The van der Waals surface area contributed by atoms with Crippen molar-refractivity contribution >= 4 is 17.2 Å². The van der Waals surface area contributed by atoms with E-state index in [2.05, 4.69) is 18.2 Å². The Bertz CT molecular complexity index is 1080. The lowest BCUT2D eigenvalue weighted by atomic mass is 9.54. The Morgan fingerprint density at radius 3 is 2.29 bits per heavy atom. The van der Waals surface area contributed by atoms with Crippen LogP contribution in [0.5, 0.6) is 0 Å². The first-order valence-electron chi connectivity index (χ1n) is 8.72. The number of fused-ring (bicyclic) bond motifs is 2. The van der Waals surface area contributed by atoms with E-state index >= 15 is 0 Å². The molecule has 28 heavy (non-hydrogen) atoms. The molecule has 1 aromatic heterocycles. The Hall–Kier alpha value is -3.18. The first-order chi connectivity index (χ1) is 13.4. The van der Waals surface area contributed by atoms with Crippen LogP contribution in [0.1, 0.15) is 29.0 Å². The van der Waals surface area contributed by atoms with Gasteiger partial charge in [-0.3, -0.25) is 5.41 Å². The highest BCUT2D eigenvalue weighted by atomic mass is 32.1. The highest BCUT2D eigenvalue weighted by Gasteiger charge is 2.80. The summed E-state index contributed by atoms with van der Waals surface area (Å²) in [6.07, 6.45) is -1.03. The van der Waals surface area contributed by atoms with Gasteiger partial charge >= 0.3 is 0 Å². The van der Waals surface area contributed by atoms with Crippen LogP contribution in [0.3, 0.4) is 0 Å². The van der Waals surface area contributed by atoms with Crippen LogP contribution in [0.15, 0.2) is 41.8 Å². The van der Waals surface area contributed by atoms with Gasteiger partial charge in [0.25, 0.3) is 0 Å². The average molecular weight is 388 g/mol. The highest BCUT2D eigenvalue weighted by Crippen LogP contribution is 2.69. The zero-order chi connectivity index (χ0) is 20.2. The van der Waals surface area contributed by atoms with Gasteiger partial charge in [0.1, 0.15) is 6.10 Å². The molecule has 0 spiro atoms. The van der Waals surface area contributed by atoms with Gasteiger partial charge in [-0.2, -0.15) is 15.8 Å². The Morgan fingerprint density at radius 2 is 1.75 bits per heavy atom. The van der Waals surface area contributed by atoms with E-state index < -0.39 is 34.5 Å². The number of aryl methyl sites for hydroxylation is 1. The molecule has 2 aliphatic rings. The lowest BCUT2D eigenvalue weighted by Crippen LogP contribution is -2.57. The molecule has 3 heterocycles. The molecule has 0 aliphatic carbocycles. The summed E-state index contributed by atoms with van der Waals surface area (Å²) < 4.78 is 12.4. The molecule has 2 fully saturated rings. The number of thiophene rings is 1. The average Bonchev–Trinajstić information content (AvgIpc) is 3.20. The van der Waals surface area contributed by atoms with E-state index in [0.717, 1.165) is 5.56 Å². The zero-order valence-electron chi connectivity index (χ0n) is 15.3. The molecule has 0 saturated carbocycles. The van der Waals surface area contributed by atoms with Crippen LogP contribution in [0.25, 0.3) is 0 Å². The van der Waals surface area contributed by atoms with Crippen LogP contribution in [0.2, 0.25) is 0 Å². The maximum atomic E-state index is 10.2. The lowest BCUT2D eigenvalue weighted by molar-refractivity contribution is -0.288. The largest absolute Gasteiger partial charge is 0.443 e. The van der Waals surface area contributed by atoms with E-state index in [-0.39, 0.29) is 0 Å². The molecule has 4 unspecified atom stereocenters. The molecule has 2 aromatic rings. The maximum absolute atomic E-state index is 10.2. The second kappa shape index (κ2) is 5.91. The molecule has 2 saturated heterocycles. The molecular weight excluding hydrogens is 372 g/mol. The van der Waals surface area contributed by atoms with Gasteiger partial charge in [-0.1, -0.05) is 37.3 Å². The molecule has 6 nitrogen and oxygen atoms in total. The Balaban J connectivity index is 2.07. The van der Waals surface area contributed by atoms with Crippen molar-refractivity contribution in [1.29, 1.82) is 21.2 Å². The quantitative estimate of drug-likeness (QED) is 0.829. The fourth-order valence-electron chi connectivity index (χ4n) is 4.42. The van der Waals surface area contributed by atoms with Crippen molar-refractivity contribution < 1.29 is 9.47 Å². The summed E-state index contributed by atoms with van der Waals surface area (Å²) in [4.78, 5) is 0.688. The van der Waals surface area contributed by atoms with Gasteiger partial charge in [-0.25, -0.2) is 0 Å². The Kier molecular flexibility index (Phi) is 3.84. The number of rotatable bonds is 2. The van der Waals surface area contributed by atoms with Gasteiger partial charge in [0.05, 0.1) is 24.1 Å². The van der Waals surface area contributed by atoms with Gasteiger partial charge in [-0.05, 0) is 23.9 Å². The molecule has 1 aromatic carbocycles. The Labute approximate surface area is 166 Å². The third kappa shape index (κ3) is 1.84. The second-order valence-electron chi connectivity index (χ2n) is 7.10. The Morgan fingerprint density at radius 1 is 1.07 bits per heavy atom. The van der Waals surface area contributed by atoms with E-state index in [1.54, 1.807) is 19.1 Å². The SMILES string of the molecule is Cc1ccsc1C1OC2(c3ccccc3)OC(=N)C(C#N)(C2C)C1(C#N)C#N. The number of nitriles is 3. The predicted octanol–water partition coefficient (Wildman–Crippen LogP) is 4.17. The van der Waals surface area contributed by atoms with E-state index in [4.69, 9.17) is 14.9 Å². The van der Waals surface area contributed by atoms with E-state index in [1.165, 1.54) is 11.3 Å². The fourth-order valence-corrected chi connectivity index (χ4v) is 5.45. The molecule has 2 bridgehead atoms. The van der Waals surface area contributed by atoms with Crippen molar-refractivity contribution in [1.82, 2.24) is 0 Å². The van der Waals surface area contributed by atoms with Crippen LogP contribution >= 0.6 is 11.3 Å². The summed E-state index contributed by atoms with van der Waals surface area (Å²) >= 11 is 1.36. The van der Waals surface area contributed by atoms with E-state index in [9.17, 15) is 15.8 Å². The number of nitrogens with one attached hydrogen (secondary N) is 1. The van der Waals surface area contributed by atoms with Crippen molar-refractivity contribution in [3.63, 3.8) is 0 Å². The van der Waals surface area contributed by atoms with Crippen LogP contribution in [-0.4, -0.2) is 5.90 Å². The lowest BCUT2D eigenvalue weighted by Gasteiger charge is -2.48. The van der Waals surface area contributed by atoms with E-state index in [1.807, 2.05) is 36.6 Å². The van der Waals surface area contributed by atoms with Crippen molar-refractivity contribution in [2.24, 2.45) is 16.7 Å². The molecule has 4 rings (SSSR count). The third-order valence-electron chi connectivity index (χ3n) is 5.98. The van der Waals surface area contributed by atoms with Gasteiger partial charge < -0.3 is 9.47 Å². The van der Waals surface area contributed by atoms with Gasteiger partial charge in [0.2, 0.25) is 17.1 Å². The first kappa shape index (κ1) is 18.2. The van der Waals surface area contributed by atoms with Gasteiger partial charge in [0, 0.05) is 10.4 Å². The minimum atomic E-state index is -1.91. The minimum Gasteiger partial charge on any atom is -0.443 e. The minimum absolute atomic E-state index is 0.397. The monoisotopic (exact) mass is 388 g/mol. The zero-order valence-corrected chi connectivity index (χ0v) is 16.1. The van der Waals surface area contributed by atoms with Gasteiger partial charge in [0.15, 0.2) is 5.41 Å². The van der Waals surface area contributed by atoms with Crippen LogP contribution in [0.4, 0.5) is 0 Å². The fraction of sp³-hybridized carbons (Fsp3) is 0.333. The topological polar surface area (TPSA) is 114 Å². The number of ether oxygens (including phenoxy) is 2. The summed E-state index contributed by atoms with van der Waals surface area (Å²) in [5.41, 5.74) is -2.16. The van der Waals surface area contributed by atoms with Crippen LogP contribution < -0.4 is 0 Å². The number of hydrogen-bond acceptors (Lipinski definition) is 7. The van der Waals surface area contributed by atoms with Crippen molar-refractivity contribution in [2.45, 2.75) is 25.7 Å². The van der Waals surface area contributed by atoms with Crippen molar-refractivity contribution in [3.05, 3.63) is 57.8 Å².